The second-order valence-electron chi connectivity index (χ2n) is 18.9. The first kappa shape index (κ1) is 36.7. The van der Waals surface area contributed by atoms with E-state index in [-0.39, 0.29) is 63.6 Å². The summed E-state index contributed by atoms with van der Waals surface area (Å²) in [7, 11) is 1.82. The van der Waals surface area contributed by atoms with Crippen LogP contribution in [0.3, 0.4) is 0 Å². The largest absolute Gasteiger partial charge is 0.481 e. The molecule has 50 heavy (non-hydrogen) atoms. The number of hydrogen-bond acceptors (Lipinski definition) is 8. The molecule has 6 rings (SSSR count). The summed E-state index contributed by atoms with van der Waals surface area (Å²) in [6.45, 7) is 21.0. The third-order valence-corrected chi connectivity index (χ3v) is 15.3. The number of aryl methyl sites for hydroxylation is 1. The Bertz CT molecular complexity index is 1640. The number of ether oxygens (including phenoxy) is 1. The summed E-state index contributed by atoms with van der Waals surface area (Å²) in [4.78, 5) is 54.5. The van der Waals surface area contributed by atoms with Crippen LogP contribution in [0.4, 0.5) is 0 Å². The maximum atomic E-state index is 14.0. The summed E-state index contributed by atoms with van der Waals surface area (Å²) in [6.07, 6.45) is 7.17. The number of fused-ring (bicyclic) bond motifs is 6. The van der Waals surface area contributed by atoms with Crippen LogP contribution < -0.4 is 0 Å². The van der Waals surface area contributed by atoms with Crippen LogP contribution in [-0.2, 0) is 19.1 Å². The number of carboxylic acids is 1. The Morgan fingerprint density at radius 2 is 1.68 bits per heavy atom. The van der Waals surface area contributed by atoms with E-state index >= 15 is 0 Å². The molecule has 276 valence electrons. The molecule has 0 radical (unpaired) electrons. The molecule has 8 atom stereocenters. The molecule has 4 saturated carbocycles. The van der Waals surface area contributed by atoms with Crippen molar-refractivity contribution in [3.63, 3.8) is 0 Å². The zero-order chi connectivity index (χ0) is 37.0. The SMILES string of the molecule is Cc1nnc(C(=O)N(C)[C@@]23CC[C@]4(C)C(=C2C(C(C)C)C(=O)C3)CCC2[C@@]3(C)CC[C@H](OC(=O)CC(C)(C)C(=O)O)C(C)(C)C3CC[C@]24C)o1. The highest BCUT2D eigenvalue weighted by atomic mass is 16.5. The fourth-order valence-corrected chi connectivity index (χ4v) is 12.4. The first-order valence-corrected chi connectivity index (χ1v) is 18.8. The number of nitrogens with zero attached hydrogens (tertiary/aromatic N) is 3. The fourth-order valence-electron chi connectivity index (χ4n) is 12.4. The van der Waals surface area contributed by atoms with E-state index < -0.39 is 22.9 Å². The third kappa shape index (κ3) is 5.07. The Balaban J connectivity index is 1.35. The van der Waals surface area contributed by atoms with Gasteiger partial charge in [0.1, 0.15) is 11.9 Å². The van der Waals surface area contributed by atoms with Crippen LogP contribution >= 0.6 is 0 Å². The van der Waals surface area contributed by atoms with Gasteiger partial charge in [-0.05, 0) is 105 Å². The second-order valence-corrected chi connectivity index (χ2v) is 18.9. The number of allylic oxidation sites excluding steroid dienone is 1. The van der Waals surface area contributed by atoms with Crippen LogP contribution in [0.2, 0.25) is 0 Å². The predicted molar refractivity (Wildman–Crippen MR) is 187 cm³/mol. The van der Waals surface area contributed by atoms with Crippen molar-refractivity contribution in [1.82, 2.24) is 15.1 Å². The van der Waals surface area contributed by atoms with Gasteiger partial charge in [-0.1, -0.05) is 54.0 Å². The number of likely N-dealkylation sites (N-methyl/N-ethyl adjacent to an activating group) is 1. The number of rotatable bonds is 7. The van der Waals surface area contributed by atoms with Gasteiger partial charge in [-0.3, -0.25) is 19.2 Å². The zero-order valence-electron chi connectivity index (χ0n) is 32.2. The number of carboxylic acid groups (broad SMARTS) is 1. The molecular formula is C40H59N3O7. The molecule has 0 spiro atoms. The molecule has 4 fully saturated rings. The Labute approximate surface area is 297 Å². The van der Waals surface area contributed by atoms with Gasteiger partial charge in [0, 0.05) is 31.7 Å². The fraction of sp³-hybridized carbons (Fsp3) is 0.800. The smallest absolute Gasteiger partial charge is 0.311 e. The predicted octanol–water partition coefficient (Wildman–Crippen LogP) is 7.60. The van der Waals surface area contributed by atoms with Crippen molar-refractivity contribution in [2.45, 2.75) is 145 Å². The number of Topliss-reactive ketones (excluding diaryl/α,β-unsaturated/α-hetero) is 1. The normalized spacial score (nSPS) is 37.8. The van der Waals surface area contributed by atoms with Gasteiger partial charge >= 0.3 is 23.7 Å². The Kier molecular flexibility index (Phi) is 8.63. The third-order valence-electron chi connectivity index (χ3n) is 15.3. The van der Waals surface area contributed by atoms with Gasteiger partial charge in [-0.2, -0.15) is 0 Å². The minimum absolute atomic E-state index is 0.0184. The van der Waals surface area contributed by atoms with Crippen molar-refractivity contribution in [2.75, 3.05) is 7.05 Å². The molecular weight excluding hydrogens is 634 g/mol. The summed E-state index contributed by atoms with van der Waals surface area (Å²) in [5.41, 5.74) is 0.309. The van der Waals surface area contributed by atoms with Crippen LogP contribution in [0.5, 0.6) is 0 Å². The Hall–Kier alpha value is -3.04. The number of carbonyl (C=O) groups excluding carboxylic acids is 3. The molecule has 0 bridgehead atoms. The monoisotopic (exact) mass is 693 g/mol. The van der Waals surface area contributed by atoms with E-state index in [1.165, 1.54) is 11.1 Å². The highest BCUT2D eigenvalue weighted by molar-refractivity contribution is 5.95. The van der Waals surface area contributed by atoms with Gasteiger partial charge in [0.15, 0.2) is 0 Å². The lowest BCUT2D eigenvalue weighted by molar-refractivity contribution is -0.214. The number of aromatic nitrogens is 2. The van der Waals surface area contributed by atoms with Crippen LogP contribution in [-0.4, -0.2) is 62.5 Å². The van der Waals surface area contributed by atoms with E-state index in [9.17, 15) is 24.3 Å². The van der Waals surface area contributed by atoms with Gasteiger partial charge in [-0.15, -0.1) is 10.2 Å². The number of amides is 1. The maximum absolute atomic E-state index is 14.0. The Morgan fingerprint density at radius 3 is 2.28 bits per heavy atom. The van der Waals surface area contributed by atoms with E-state index in [0.717, 1.165) is 44.9 Å². The van der Waals surface area contributed by atoms with Gasteiger partial charge in [0.2, 0.25) is 5.89 Å². The number of ketones is 1. The number of hydrogen-bond donors (Lipinski definition) is 1. The van der Waals surface area contributed by atoms with Gasteiger partial charge < -0.3 is 19.2 Å². The lowest BCUT2D eigenvalue weighted by Gasteiger charge is -2.70. The molecule has 5 aliphatic carbocycles. The highest BCUT2D eigenvalue weighted by Gasteiger charge is 2.69. The van der Waals surface area contributed by atoms with Gasteiger partial charge in [-0.25, -0.2) is 0 Å². The van der Waals surface area contributed by atoms with Crippen LogP contribution in [0.1, 0.15) is 143 Å². The van der Waals surface area contributed by atoms with Gasteiger partial charge in [0.25, 0.3) is 0 Å². The number of esters is 1. The zero-order valence-corrected chi connectivity index (χ0v) is 32.2. The molecule has 0 aliphatic heterocycles. The topological polar surface area (TPSA) is 140 Å². The van der Waals surface area contributed by atoms with E-state index in [2.05, 4.69) is 58.7 Å². The van der Waals surface area contributed by atoms with Crippen LogP contribution in [0.25, 0.3) is 0 Å². The molecule has 10 nitrogen and oxygen atoms in total. The summed E-state index contributed by atoms with van der Waals surface area (Å²) < 4.78 is 11.7. The average molecular weight is 694 g/mol. The van der Waals surface area contributed by atoms with E-state index in [1.54, 1.807) is 25.7 Å². The molecule has 0 saturated heterocycles. The molecule has 1 amide bonds. The maximum Gasteiger partial charge on any atom is 0.311 e. The summed E-state index contributed by atoms with van der Waals surface area (Å²) in [5, 5.41) is 17.5. The molecule has 0 aromatic carbocycles. The lowest BCUT2D eigenvalue weighted by atomic mass is 9.34. The molecule has 1 N–H and O–H groups in total. The molecule has 1 aromatic rings. The van der Waals surface area contributed by atoms with Crippen LogP contribution in [0, 0.1) is 57.7 Å². The van der Waals surface area contributed by atoms with Crippen molar-refractivity contribution in [3.05, 3.63) is 22.9 Å². The van der Waals surface area contributed by atoms with E-state index in [0.29, 0.717) is 30.6 Å². The minimum atomic E-state index is -1.18. The summed E-state index contributed by atoms with van der Waals surface area (Å²) in [5.74, 6) is -0.583. The van der Waals surface area contributed by atoms with Crippen molar-refractivity contribution in [3.8, 4) is 0 Å². The highest BCUT2D eigenvalue weighted by Crippen LogP contribution is 2.75. The Morgan fingerprint density at radius 1 is 1.00 bits per heavy atom. The molecule has 10 heteroatoms. The molecule has 1 heterocycles. The standard InChI is InChI=1S/C40H59N3O7/c1-22(2)30-25(44)20-40(43(11)33(46)32-42-41-23(3)49-32)19-18-38(9)24(31(30)40)12-13-27-37(8)16-15-28(50-29(45)21-35(4,5)34(47)48)36(6,7)26(37)14-17-39(27,38)10/h22,26-28,30H,12-21H2,1-11H3,(H,47,48)/t26?,27?,28-,30?,37-,38+,39+,40+/m0/s1. The van der Waals surface area contributed by atoms with Crippen molar-refractivity contribution in [2.24, 2.45) is 50.7 Å². The molecule has 1 aromatic heterocycles. The lowest BCUT2D eigenvalue weighted by Crippen LogP contribution is -2.65. The first-order chi connectivity index (χ1) is 23.1. The second kappa shape index (κ2) is 11.7. The van der Waals surface area contributed by atoms with Gasteiger partial charge in [0.05, 0.1) is 17.4 Å². The average Bonchev–Trinajstić information content (AvgIpc) is 3.58. The van der Waals surface area contributed by atoms with Crippen molar-refractivity contribution < 1.29 is 33.4 Å². The summed E-state index contributed by atoms with van der Waals surface area (Å²) >= 11 is 0. The summed E-state index contributed by atoms with van der Waals surface area (Å²) in [6, 6.07) is 0. The number of carbonyl (C=O) groups is 4. The van der Waals surface area contributed by atoms with Crippen molar-refractivity contribution in [1.29, 1.82) is 0 Å². The van der Waals surface area contributed by atoms with Crippen molar-refractivity contribution >= 4 is 23.6 Å². The number of aliphatic carboxylic acids is 1. The minimum Gasteiger partial charge on any atom is -0.481 e. The first-order valence-electron chi connectivity index (χ1n) is 18.8. The van der Waals surface area contributed by atoms with E-state index in [4.69, 9.17) is 9.15 Å². The van der Waals surface area contributed by atoms with E-state index in [1.807, 2.05) is 7.05 Å². The quantitative estimate of drug-likeness (QED) is 0.226. The molecule has 5 aliphatic rings. The van der Waals surface area contributed by atoms with Crippen LogP contribution in [0.15, 0.2) is 15.6 Å². The molecule has 3 unspecified atom stereocenters.